The number of aromatic nitrogens is 1. The lowest BCUT2D eigenvalue weighted by molar-refractivity contribution is 0.195. The topological polar surface area (TPSA) is 34.1 Å². The van der Waals surface area contributed by atoms with E-state index in [-0.39, 0.29) is 0 Å². The minimum atomic E-state index is 0.391. The molecule has 0 saturated carbocycles. The molecule has 0 aliphatic heterocycles. The third-order valence-electron chi connectivity index (χ3n) is 2.89. The number of rotatable bonds is 8. The van der Waals surface area contributed by atoms with E-state index in [4.69, 9.17) is 4.74 Å². The van der Waals surface area contributed by atoms with Gasteiger partial charge in [0.15, 0.2) is 0 Å². The maximum atomic E-state index is 5.08. The second kappa shape index (κ2) is 7.80. The molecule has 0 aliphatic rings. The highest BCUT2D eigenvalue weighted by atomic mass is 32.1. The van der Waals surface area contributed by atoms with Gasteiger partial charge in [0.25, 0.3) is 0 Å². The van der Waals surface area contributed by atoms with Gasteiger partial charge >= 0.3 is 0 Å². The summed E-state index contributed by atoms with van der Waals surface area (Å²) in [6.45, 7) is 8.10. The molecule has 3 nitrogen and oxygen atoms in total. The molecule has 0 aliphatic carbocycles. The summed E-state index contributed by atoms with van der Waals surface area (Å²) in [4.78, 5) is 5.99. The van der Waals surface area contributed by atoms with Crippen molar-refractivity contribution < 1.29 is 4.74 Å². The minimum absolute atomic E-state index is 0.391. The Kier molecular flexibility index (Phi) is 6.70. The van der Waals surface area contributed by atoms with Gasteiger partial charge in [0.2, 0.25) is 0 Å². The normalized spacial score (nSPS) is 12.9. The van der Waals surface area contributed by atoms with Crippen molar-refractivity contribution in [2.45, 2.75) is 46.1 Å². The van der Waals surface area contributed by atoms with Crippen LogP contribution in [-0.4, -0.2) is 25.2 Å². The molecule has 17 heavy (non-hydrogen) atoms. The van der Waals surface area contributed by atoms with Gasteiger partial charge in [0, 0.05) is 18.5 Å². The van der Waals surface area contributed by atoms with E-state index < -0.39 is 0 Å². The number of hydrogen-bond donors (Lipinski definition) is 1. The molecule has 4 heteroatoms. The molecule has 1 N–H and O–H groups in total. The largest absolute Gasteiger partial charge is 0.383 e. The maximum absolute atomic E-state index is 5.08. The fraction of sp³-hybridized carbons (Fsp3) is 0.769. The number of nitrogens with one attached hydrogen (secondary N) is 1. The van der Waals surface area contributed by atoms with Crippen molar-refractivity contribution in [3.05, 3.63) is 15.6 Å². The zero-order valence-corrected chi connectivity index (χ0v) is 12.2. The van der Waals surface area contributed by atoms with Gasteiger partial charge in [-0.1, -0.05) is 19.8 Å². The maximum Gasteiger partial charge on any atom is 0.110 e. The Morgan fingerprint density at radius 2 is 2.18 bits per heavy atom. The summed E-state index contributed by atoms with van der Waals surface area (Å²) >= 11 is 1.82. The molecular formula is C13H24N2OS. The standard InChI is InChI=1S/C13H24N2OS/c1-5-6-7-12(14-8-9-16-4)13-15-10(2)11(3)17-13/h12,14H,5-9H2,1-4H3. The fourth-order valence-electron chi connectivity index (χ4n) is 1.70. The minimum Gasteiger partial charge on any atom is -0.383 e. The first-order chi connectivity index (χ1) is 8.19. The van der Waals surface area contributed by atoms with Gasteiger partial charge in [-0.15, -0.1) is 11.3 Å². The smallest absolute Gasteiger partial charge is 0.110 e. The Hall–Kier alpha value is -0.450. The highest BCUT2D eigenvalue weighted by molar-refractivity contribution is 7.11. The molecule has 0 fully saturated rings. The van der Waals surface area contributed by atoms with E-state index in [2.05, 4.69) is 31.1 Å². The second-order valence-electron chi connectivity index (χ2n) is 4.34. The van der Waals surface area contributed by atoms with Gasteiger partial charge < -0.3 is 10.1 Å². The van der Waals surface area contributed by atoms with Gasteiger partial charge in [-0.05, 0) is 20.3 Å². The molecule has 1 unspecified atom stereocenters. The number of aryl methyl sites for hydroxylation is 2. The first-order valence-electron chi connectivity index (χ1n) is 6.35. The Morgan fingerprint density at radius 1 is 1.41 bits per heavy atom. The van der Waals surface area contributed by atoms with Gasteiger partial charge in [-0.25, -0.2) is 4.98 Å². The Bertz CT molecular complexity index is 306. The number of thiazole rings is 1. The Labute approximate surface area is 109 Å². The van der Waals surface area contributed by atoms with Crippen molar-refractivity contribution >= 4 is 11.3 Å². The van der Waals surface area contributed by atoms with Crippen LogP contribution in [0.25, 0.3) is 0 Å². The molecule has 0 spiro atoms. The van der Waals surface area contributed by atoms with Crippen molar-refractivity contribution in [3.8, 4) is 0 Å². The molecule has 98 valence electrons. The molecule has 0 amide bonds. The third-order valence-corrected chi connectivity index (χ3v) is 4.07. The predicted octanol–water partition coefficient (Wildman–Crippen LogP) is 3.23. The lowest BCUT2D eigenvalue weighted by Gasteiger charge is -2.15. The van der Waals surface area contributed by atoms with Crippen LogP contribution in [0.5, 0.6) is 0 Å². The van der Waals surface area contributed by atoms with Crippen molar-refractivity contribution in [2.75, 3.05) is 20.3 Å². The molecule has 0 bridgehead atoms. The Morgan fingerprint density at radius 3 is 2.71 bits per heavy atom. The summed E-state index contributed by atoms with van der Waals surface area (Å²) in [5.41, 5.74) is 1.17. The SMILES string of the molecule is CCCCC(NCCOC)c1nc(C)c(C)s1. The van der Waals surface area contributed by atoms with E-state index in [0.29, 0.717) is 6.04 Å². The van der Waals surface area contributed by atoms with E-state index in [9.17, 15) is 0 Å². The van der Waals surface area contributed by atoms with Crippen LogP contribution in [0, 0.1) is 13.8 Å². The van der Waals surface area contributed by atoms with E-state index in [1.807, 2.05) is 11.3 Å². The fourth-order valence-corrected chi connectivity index (χ4v) is 2.74. The predicted molar refractivity (Wildman–Crippen MR) is 73.7 cm³/mol. The average Bonchev–Trinajstić information content (AvgIpc) is 2.64. The highest BCUT2D eigenvalue weighted by Gasteiger charge is 2.15. The van der Waals surface area contributed by atoms with E-state index in [1.54, 1.807) is 7.11 Å². The Balaban J connectivity index is 2.60. The number of ether oxygens (including phenoxy) is 1. The van der Waals surface area contributed by atoms with E-state index >= 15 is 0 Å². The van der Waals surface area contributed by atoms with Crippen LogP contribution in [-0.2, 0) is 4.74 Å². The quantitative estimate of drug-likeness (QED) is 0.725. The molecule has 1 heterocycles. The van der Waals surface area contributed by atoms with Crippen molar-refractivity contribution in [1.29, 1.82) is 0 Å². The van der Waals surface area contributed by atoms with Gasteiger partial charge in [-0.2, -0.15) is 0 Å². The molecule has 0 saturated heterocycles. The summed E-state index contributed by atoms with van der Waals surface area (Å²) in [7, 11) is 1.74. The van der Waals surface area contributed by atoms with Crippen LogP contribution in [0.4, 0.5) is 0 Å². The van der Waals surface area contributed by atoms with Crippen LogP contribution in [0.2, 0.25) is 0 Å². The molecule has 1 rings (SSSR count). The molecule has 0 aromatic carbocycles. The zero-order chi connectivity index (χ0) is 12.7. The first kappa shape index (κ1) is 14.6. The second-order valence-corrected chi connectivity index (χ2v) is 5.57. The average molecular weight is 256 g/mol. The van der Waals surface area contributed by atoms with Crippen LogP contribution in [0.1, 0.15) is 47.8 Å². The zero-order valence-electron chi connectivity index (χ0n) is 11.4. The summed E-state index contributed by atoms with van der Waals surface area (Å²) in [6.07, 6.45) is 3.63. The first-order valence-corrected chi connectivity index (χ1v) is 7.17. The van der Waals surface area contributed by atoms with Crippen molar-refractivity contribution in [1.82, 2.24) is 10.3 Å². The molecule has 1 atom stereocenters. The van der Waals surface area contributed by atoms with Crippen LogP contribution in [0.3, 0.4) is 0 Å². The lowest BCUT2D eigenvalue weighted by atomic mass is 10.1. The highest BCUT2D eigenvalue weighted by Crippen LogP contribution is 2.26. The van der Waals surface area contributed by atoms with Crippen LogP contribution in [0.15, 0.2) is 0 Å². The molecular weight excluding hydrogens is 232 g/mol. The van der Waals surface area contributed by atoms with Gasteiger partial charge in [0.05, 0.1) is 18.3 Å². The van der Waals surface area contributed by atoms with Gasteiger partial charge in [-0.3, -0.25) is 0 Å². The van der Waals surface area contributed by atoms with Crippen molar-refractivity contribution in [3.63, 3.8) is 0 Å². The number of unbranched alkanes of at least 4 members (excludes halogenated alkanes) is 1. The summed E-state index contributed by atoms with van der Waals surface area (Å²) in [5, 5.41) is 4.76. The summed E-state index contributed by atoms with van der Waals surface area (Å²) in [5.74, 6) is 0. The number of methoxy groups -OCH3 is 1. The van der Waals surface area contributed by atoms with Crippen LogP contribution >= 0.6 is 11.3 Å². The monoisotopic (exact) mass is 256 g/mol. The number of hydrogen-bond acceptors (Lipinski definition) is 4. The summed E-state index contributed by atoms with van der Waals surface area (Å²) < 4.78 is 5.08. The third kappa shape index (κ3) is 4.74. The van der Waals surface area contributed by atoms with Crippen molar-refractivity contribution in [2.24, 2.45) is 0 Å². The molecule has 0 radical (unpaired) electrons. The van der Waals surface area contributed by atoms with Gasteiger partial charge in [0.1, 0.15) is 5.01 Å². The number of nitrogens with zero attached hydrogens (tertiary/aromatic N) is 1. The molecule has 1 aromatic rings. The lowest BCUT2D eigenvalue weighted by Crippen LogP contribution is -2.25. The van der Waals surface area contributed by atoms with E-state index in [1.165, 1.54) is 28.4 Å². The molecule has 1 aromatic heterocycles. The van der Waals surface area contributed by atoms with Crippen LogP contribution < -0.4 is 5.32 Å². The summed E-state index contributed by atoms with van der Waals surface area (Å²) in [6, 6.07) is 0.391. The van der Waals surface area contributed by atoms with E-state index in [0.717, 1.165) is 19.6 Å².